The van der Waals surface area contributed by atoms with Crippen molar-refractivity contribution in [2.45, 2.75) is 26.2 Å². The molecule has 1 heterocycles. The molecule has 3 nitrogen and oxygen atoms in total. The van der Waals surface area contributed by atoms with E-state index >= 15 is 0 Å². The standard InChI is InChI=1S/C20H23NO2/c1-2-12-20(13-14-21-15-20)19(22)16-8-10-18(11-9-16)23-17-6-4-3-5-7-17/h3-11,21H,2,12-15H2,1H3. The maximum atomic E-state index is 12.9. The number of ether oxygens (including phenoxy) is 1. The largest absolute Gasteiger partial charge is 0.457 e. The van der Waals surface area contributed by atoms with Crippen LogP contribution in [0.25, 0.3) is 0 Å². The highest BCUT2D eigenvalue weighted by atomic mass is 16.5. The van der Waals surface area contributed by atoms with E-state index in [9.17, 15) is 4.79 Å². The molecule has 0 aliphatic carbocycles. The minimum absolute atomic E-state index is 0.226. The summed E-state index contributed by atoms with van der Waals surface area (Å²) in [6, 6.07) is 17.2. The van der Waals surface area contributed by atoms with Crippen molar-refractivity contribution >= 4 is 5.78 Å². The van der Waals surface area contributed by atoms with Gasteiger partial charge >= 0.3 is 0 Å². The number of benzene rings is 2. The summed E-state index contributed by atoms with van der Waals surface area (Å²) in [6.07, 6.45) is 2.91. The highest BCUT2D eigenvalue weighted by Gasteiger charge is 2.40. The van der Waals surface area contributed by atoms with E-state index in [4.69, 9.17) is 4.74 Å². The van der Waals surface area contributed by atoms with E-state index in [0.717, 1.165) is 49.4 Å². The number of rotatable bonds is 6. The number of hydrogen-bond donors (Lipinski definition) is 1. The summed E-state index contributed by atoms with van der Waals surface area (Å²) in [6.45, 7) is 3.87. The third-order valence-electron chi connectivity index (χ3n) is 4.55. The van der Waals surface area contributed by atoms with Crippen LogP contribution in [-0.2, 0) is 0 Å². The molecule has 1 unspecified atom stereocenters. The maximum Gasteiger partial charge on any atom is 0.170 e. The summed E-state index contributed by atoms with van der Waals surface area (Å²) >= 11 is 0. The number of hydrogen-bond acceptors (Lipinski definition) is 3. The Balaban J connectivity index is 1.75. The van der Waals surface area contributed by atoms with Crippen molar-refractivity contribution < 1.29 is 9.53 Å². The van der Waals surface area contributed by atoms with Gasteiger partial charge in [-0.15, -0.1) is 0 Å². The SMILES string of the molecule is CCCC1(C(=O)c2ccc(Oc3ccccc3)cc2)CCNC1. The molecule has 0 radical (unpaired) electrons. The van der Waals surface area contributed by atoms with E-state index in [1.165, 1.54) is 0 Å². The molecule has 1 atom stereocenters. The Morgan fingerprint density at radius 2 is 1.78 bits per heavy atom. The minimum Gasteiger partial charge on any atom is -0.457 e. The second-order valence-corrected chi connectivity index (χ2v) is 6.23. The zero-order chi connectivity index (χ0) is 16.1. The summed E-state index contributed by atoms with van der Waals surface area (Å²) in [5.41, 5.74) is 0.555. The van der Waals surface area contributed by atoms with Gasteiger partial charge in [0.1, 0.15) is 11.5 Å². The molecular weight excluding hydrogens is 286 g/mol. The number of para-hydroxylation sites is 1. The highest BCUT2D eigenvalue weighted by Crippen LogP contribution is 2.35. The molecule has 23 heavy (non-hydrogen) atoms. The molecule has 3 rings (SSSR count). The quantitative estimate of drug-likeness (QED) is 0.802. The van der Waals surface area contributed by atoms with E-state index in [1.54, 1.807) is 0 Å². The fourth-order valence-corrected chi connectivity index (χ4v) is 3.35. The van der Waals surface area contributed by atoms with Crippen molar-refractivity contribution in [2.24, 2.45) is 5.41 Å². The van der Waals surface area contributed by atoms with Gasteiger partial charge in [-0.1, -0.05) is 31.5 Å². The summed E-state index contributed by atoms with van der Waals surface area (Å²) in [4.78, 5) is 12.9. The maximum absolute atomic E-state index is 12.9. The van der Waals surface area contributed by atoms with Gasteiger partial charge in [-0.25, -0.2) is 0 Å². The Labute approximate surface area is 137 Å². The van der Waals surface area contributed by atoms with E-state index in [1.807, 2.05) is 54.6 Å². The van der Waals surface area contributed by atoms with E-state index in [2.05, 4.69) is 12.2 Å². The first-order valence-corrected chi connectivity index (χ1v) is 8.32. The molecule has 0 aromatic heterocycles. The summed E-state index contributed by atoms with van der Waals surface area (Å²) in [5.74, 6) is 1.81. The second-order valence-electron chi connectivity index (χ2n) is 6.23. The lowest BCUT2D eigenvalue weighted by Crippen LogP contribution is -2.33. The third kappa shape index (κ3) is 3.45. The van der Waals surface area contributed by atoms with Crippen molar-refractivity contribution in [2.75, 3.05) is 13.1 Å². The number of Topliss-reactive ketones (excluding diaryl/α,β-unsaturated/α-hetero) is 1. The van der Waals surface area contributed by atoms with Crippen LogP contribution in [0.1, 0.15) is 36.5 Å². The number of carbonyl (C=O) groups excluding carboxylic acids is 1. The fourth-order valence-electron chi connectivity index (χ4n) is 3.35. The molecule has 1 fully saturated rings. The molecule has 1 N–H and O–H groups in total. The predicted octanol–water partition coefficient (Wildman–Crippen LogP) is 4.44. The van der Waals surface area contributed by atoms with Gasteiger partial charge in [0.15, 0.2) is 5.78 Å². The van der Waals surface area contributed by atoms with Gasteiger partial charge < -0.3 is 10.1 Å². The van der Waals surface area contributed by atoms with Gasteiger partial charge in [0, 0.05) is 17.5 Å². The lowest BCUT2D eigenvalue weighted by Gasteiger charge is -2.26. The first-order chi connectivity index (χ1) is 11.2. The Bertz CT molecular complexity index is 643. The molecule has 1 saturated heterocycles. The molecule has 0 saturated carbocycles. The van der Waals surface area contributed by atoms with E-state index < -0.39 is 0 Å². The van der Waals surface area contributed by atoms with Gasteiger partial charge in [0.05, 0.1) is 0 Å². The smallest absolute Gasteiger partial charge is 0.170 e. The van der Waals surface area contributed by atoms with E-state index in [0.29, 0.717) is 0 Å². The van der Waals surface area contributed by atoms with Crippen LogP contribution in [0.15, 0.2) is 54.6 Å². The molecule has 120 valence electrons. The van der Waals surface area contributed by atoms with Crippen molar-refractivity contribution in [1.82, 2.24) is 5.32 Å². The predicted molar refractivity (Wildman–Crippen MR) is 92.1 cm³/mol. The summed E-state index contributed by atoms with van der Waals surface area (Å²) in [5, 5.41) is 3.35. The summed E-state index contributed by atoms with van der Waals surface area (Å²) in [7, 11) is 0. The molecule has 2 aromatic carbocycles. The normalized spacial score (nSPS) is 20.4. The van der Waals surface area contributed by atoms with Gasteiger partial charge in [0.25, 0.3) is 0 Å². The second kappa shape index (κ2) is 6.97. The van der Waals surface area contributed by atoms with Gasteiger partial charge in [-0.2, -0.15) is 0 Å². The van der Waals surface area contributed by atoms with Crippen molar-refractivity contribution in [1.29, 1.82) is 0 Å². The van der Waals surface area contributed by atoms with Crippen LogP contribution >= 0.6 is 0 Å². The Kier molecular flexibility index (Phi) is 4.77. The molecule has 0 amide bonds. The Morgan fingerprint density at radius 1 is 1.09 bits per heavy atom. The van der Waals surface area contributed by atoms with Crippen molar-refractivity contribution in [3.05, 3.63) is 60.2 Å². The number of carbonyl (C=O) groups is 1. The molecule has 1 aliphatic rings. The molecule has 3 heteroatoms. The molecule has 2 aromatic rings. The van der Waals surface area contributed by atoms with E-state index in [-0.39, 0.29) is 11.2 Å². The van der Waals surface area contributed by atoms with Crippen LogP contribution < -0.4 is 10.1 Å². The van der Waals surface area contributed by atoms with Gasteiger partial charge in [0.2, 0.25) is 0 Å². The van der Waals surface area contributed by atoms with Crippen molar-refractivity contribution in [3.63, 3.8) is 0 Å². The lowest BCUT2D eigenvalue weighted by atomic mass is 9.76. The molecular formula is C20H23NO2. The zero-order valence-corrected chi connectivity index (χ0v) is 13.5. The average Bonchev–Trinajstić information content (AvgIpc) is 3.06. The Hall–Kier alpha value is -2.13. The van der Waals surface area contributed by atoms with Crippen LogP contribution in [0, 0.1) is 5.41 Å². The first-order valence-electron chi connectivity index (χ1n) is 8.32. The fraction of sp³-hybridized carbons (Fsp3) is 0.350. The minimum atomic E-state index is -0.226. The first kappa shape index (κ1) is 15.8. The van der Waals surface area contributed by atoms with Crippen LogP contribution in [0.2, 0.25) is 0 Å². The topological polar surface area (TPSA) is 38.3 Å². The third-order valence-corrected chi connectivity index (χ3v) is 4.55. The van der Waals surface area contributed by atoms with Crippen molar-refractivity contribution in [3.8, 4) is 11.5 Å². The van der Waals surface area contributed by atoms with Crippen LogP contribution in [0.4, 0.5) is 0 Å². The Morgan fingerprint density at radius 3 is 2.39 bits per heavy atom. The highest BCUT2D eigenvalue weighted by molar-refractivity contribution is 6.01. The number of ketones is 1. The number of nitrogens with one attached hydrogen (secondary N) is 1. The average molecular weight is 309 g/mol. The summed E-state index contributed by atoms with van der Waals surface area (Å²) < 4.78 is 5.79. The monoisotopic (exact) mass is 309 g/mol. The molecule has 0 spiro atoms. The van der Waals surface area contributed by atoms with Gasteiger partial charge in [-0.05, 0) is 55.8 Å². The van der Waals surface area contributed by atoms with Gasteiger partial charge in [-0.3, -0.25) is 4.79 Å². The zero-order valence-electron chi connectivity index (χ0n) is 13.5. The molecule has 0 bridgehead atoms. The lowest BCUT2D eigenvalue weighted by molar-refractivity contribution is 0.0802. The molecule has 1 aliphatic heterocycles. The van der Waals surface area contributed by atoms with Crippen LogP contribution in [0.3, 0.4) is 0 Å². The van der Waals surface area contributed by atoms with Crippen LogP contribution in [-0.4, -0.2) is 18.9 Å². The van der Waals surface area contributed by atoms with Crippen LogP contribution in [0.5, 0.6) is 11.5 Å².